The van der Waals surface area contributed by atoms with Gasteiger partial charge in [-0.15, -0.1) is 0 Å². The highest BCUT2D eigenvalue weighted by molar-refractivity contribution is 5.81. The van der Waals surface area contributed by atoms with E-state index in [4.69, 9.17) is 4.74 Å². The van der Waals surface area contributed by atoms with Crippen molar-refractivity contribution < 1.29 is 9.53 Å². The predicted molar refractivity (Wildman–Crippen MR) is 92.2 cm³/mol. The Morgan fingerprint density at radius 2 is 1.61 bits per heavy atom. The molecular weight excluding hydrogens is 288 g/mol. The fourth-order valence-electron chi connectivity index (χ4n) is 2.36. The topological polar surface area (TPSA) is 41.6 Å². The van der Waals surface area contributed by atoms with Crippen LogP contribution in [0.15, 0.2) is 54.6 Å². The number of nitrogens with zero attached hydrogens (tertiary/aromatic N) is 1. The van der Waals surface area contributed by atoms with Crippen molar-refractivity contribution in [2.75, 3.05) is 14.2 Å². The molecule has 1 unspecified atom stereocenters. The number of rotatable bonds is 7. The van der Waals surface area contributed by atoms with Crippen LogP contribution in [0, 0.1) is 0 Å². The minimum absolute atomic E-state index is 0.0900. The van der Waals surface area contributed by atoms with Gasteiger partial charge in [-0.1, -0.05) is 42.5 Å². The molecule has 2 rings (SSSR count). The van der Waals surface area contributed by atoms with Gasteiger partial charge in [-0.3, -0.25) is 4.79 Å². The smallest absolute Gasteiger partial charge is 0.240 e. The summed E-state index contributed by atoms with van der Waals surface area (Å²) in [4.78, 5) is 14.5. The lowest BCUT2D eigenvalue weighted by atomic mass is 10.1. The van der Waals surface area contributed by atoms with Crippen LogP contribution in [0.1, 0.15) is 18.1 Å². The van der Waals surface area contributed by atoms with Crippen LogP contribution >= 0.6 is 0 Å². The predicted octanol–water partition coefficient (Wildman–Crippen LogP) is 2.83. The van der Waals surface area contributed by atoms with Gasteiger partial charge in [-0.2, -0.15) is 0 Å². The molecule has 0 radical (unpaired) electrons. The highest BCUT2D eigenvalue weighted by Gasteiger charge is 2.19. The minimum atomic E-state index is -0.211. The van der Waals surface area contributed by atoms with Crippen LogP contribution < -0.4 is 10.1 Å². The van der Waals surface area contributed by atoms with Crippen molar-refractivity contribution >= 4 is 5.91 Å². The Balaban J connectivity index is 2.16. The van der Waals surface area contributed by atoms with Crippen LogP contribution in [0.2, 0.25) is 0 Å². The summed E-state index contributed by atoms with van der Waals surface area (Å²) in [6, 6.07) is 17.7. The second-order valence-corrected chi connectivity index (χ2v) is 5.54. The Bertz CT molecular complexity index is 611. The zero-order chi connectivity index (χ0) is 16.7. The van der Waals surface area contributed by atoms with E-state index < -0.39 is 0 Å². The zero-order valence-electron chi connectivity index (χ0n) is 14.0. The van der Waals surface area contributed by atoms with Crippen molar-refractivity contribution in [3.63, 3.8) is 0 Å². The highest BCUT2D eigenvalue weighted by Crippen LogP contribution is 2.15. The summed E-state index contributed by atoms with van der Waals surface area (Å²) in [5.41, 5.74) is 2.20. The van der Waals surface area contributed by atoms with Gasteiger partial charge in [-0.25, -0.2) is 0 Å². The van der Waals surface area contributed by atoms with E-state index in [2.05, 4.69) is 5.32 Å². The number of hydrogen-bond donors (Lipinski definition) is 1. The fraction of sp³-hybridized carbons (Fsp3) is 0.316. The van der Waals surface area contributed by atoms with Crippen LogP contribution in [-0.2, 0) is 17.9 Å². The maximum Gasteiger partial charge on any atom is 0.240 e. The van der Waals surface area contributed by atoms with E-state index in [0.717, 1.165) is 16.9 Å². The van der Waals surface area contributed by atoms with Crippen molar-refractivity contribution in [3.05, 3.63) is 65.7 Å². The lowest BCUT2D eigenvalue weighted by Gasteiger charge is -2.26. The summed E-state index contributed by atoms with van der Waals surface area (Å²) in [6.45, 7) is 3.05. The zero-order valence-corrected chi connectivity index (χ0v) is 14.0. The molecule has 0 bridgehead atoms. The molecule has 0 aliphatic carbocycles. The fourth-order valence-corrected chi connectivity index (χ4v) is 2.36. The molecule has 2 aromatic carbocycles. The van der Waals surface area contributed by atoms with E-state index in [1.807, 2.05) is 66.4 Å². The summed E-state index contributed by atoms with van der Waals surface area (Å²) < 4.78 is 5.18. The molecule has 0 fully saturated rings. The van der Waals surface area contributed by atoms with Crippen molar-refractivity contribution in [1.82, 2.24) is 10.2 Å². The van der Waals surface area contributed by atoms with Crippen LogP contribution in [0.5, 0.6) is 5.75 Å². The van der Waals surface area contributed by atoms with Gasteiger partial charge in [0, 0.05) is 13.1 Å². The Hall–Kier alpha value is -2.33. The summed E-state index contributed by atoms with van der Waals surface area (Å²) in [6.07, 6.45) is 0. The molecule has 1 atom stereocenters. The molecule has 0 aliphatic heterocycles. The van der Waals surface area contributed by atoms with Crippen molar-refractivity contribution in [1.29, 1.82) is 0 Å². The Morgan fingerprint density at radius 3 is 2.13 bits per heavy atom. The summed E-state index contributed by atoms with van der Waals surface area (Å²) in [7, 11) is 3.45. The van der Waals surface area contributed by atoms with E-state index in [1.54, 1.807) is 14.2 Å². The number of methoxy groups -OCH3 is 1. The molecule has 0 aliphatic rings. The summed E-state index contributed by atoms with van der Waals surface area (Å²) >= 11 is 0. The van der Waals surface area contributed by atoms with Gasteiger partial charge in [0.15, 0.2) is 0 Å². The number of carbonyl (C=O) groups is 1. The van der Waals surface area contributed by atoms with E-state index in [1.165, 1.54) is 0 Å². The minimum Gasteiger partial charge on any atom is -0.497 e. The normalized spacial score (nSPS) is 11.8. The van der Waals surface area contributed by atoms with Crippen molar-refractivity contribution in [2.24, 2.45) is 0 Å². The molecule has 0 saturated heterocycles. The summed E-state index contributed by atoms with van der Waals surface area (Å²) in [5, 5.41) is 3.02. The van der Waals surface area contributed by atoms with E-state index >= 15 is 0 Å². The van der Waals surface area contributed by atoms with Crippen LogP contribution in [0.3, 0.4) is 0 Å². The average molecular weight is 312 g/mol. The first-order chi connectivity index (χ1) is 11.1. The van der Waals surface area contributed by atoms with E-state index in [0.29, 0.717) is 13.1 Å². The third-order valence-corrected chi connectivity index (χ3v) is 3.86. The molecular formula is C19H24N2O2. The maximum absolute atomic E-state index is 12.6. The quantitative estimate of drug-likeness (QED) is 0.855. The van der Waals surface area contributed by atoms with Gasteiger partial charge in [0.25, 0.3) is 0 Å². The maximum atomic E-state index is 12.6. The second kappa shape index (κ2) is 8.34. The standard InChI is InChI=1S/C19H24N2O2/c1-15(20-2)19(22)21(13-16-7-5-4-6-8-16)14-17-9-11-18(23-3)12-10-17/h4-12,15,20H,13-14H2,1-3H3. The number of ether oxygens (including phenoxy) is 1. The second-order valence-electron chi connectivity index (χ2n) is 5.54. The van der Waals surface area contributed by atoms with Crippen molar-refractivity contribution in [2.45, 2.75) is 26.1 Å². The van der Waals surface area contributed by atoms with Crippen LogP contribution in [0.25, 0.3) is 0 Å². The van der Waals surface area contributed by atoms with Gasteiger partial charge in [-0.05, 0) is 37.2 Å². The average Bonchev–Trinajstić information content (AvgIpc) is 2.61. The molecule has 23 heavy (non-hydrogen) atoms. The highest BCUT2D eigenvalue weighted by atomic mass is 16.5. The molecule has 0 saturated carbocycles. The van der Waals surface area contributed by atoms with E-state index in [-0.39, 0.29) is 11.9 Å². The SMILES string of the molecule is CNC(C)C(=O)N(Cc1ccccc1)Cc1ccc(OC)cc1. The third kappa shape index (κ3) is 4.83. The lowest BCUT2D eigenvalue weighted by Crippen LogP contribution is -2.42. The Labute approximate surface area is 138 Å². The molecule has 4 nitrogen and oxygen atoms in total. The Morgan fingerprint density at radius 1 is 1.04 bits per heavy atom. The molecule has 1 amide bonds. The van der Waals surface area contributed by atoms with Crippen LogP contribution in [-0.4, -0.2) is 31.0 Å². The van der Waals surface area contributed by atoms with Gasteiger partial charge in [0.1, 0.15) is 5.75 Å². The largest absolute Gasteiger partial charge is 0.497 e. The number of benzene rings is 2. The third-order valence-electron chi connectivity index (χ3n) is 3.86. The molecule has 122 valence electrons. The number of nitrogens with one attached hydrogen (secondary N) is 1. The van der Waals surface area contributed by atoms with Gasteiger partial charge >= 0.3 is 0 Å². The number of hydrogen-bond acceptors (Lipinski definition) is 3. The number of amides is 1. The number of carbonyl (C=O) groups excluding carboxylic acids is 1. The number of likely N-dealkylation sites (N-methyl/N-ethyl adjacent to an activating group) is 1. The molecule has 0 heterocycles. The molecule has 0 spiro atoms. The van der Waals surface area contributed by atoms with E-state index in [9.17, 15) is 4.79 Å². The Kier molecular flexibility index (Phi) is 6.18. The first-order valence-corrected chi connectivity index (χ1v) is 7.77. The first-order valence-electron chi connectivity index (χ1n) is 7.77. The van der Waals surface area contributed by atoms with Gasteiger partial charge in [0.05, 0.1) is 13.2 Å². The van der Waals surface area contributed by atoms with Crippen molar-refractivity contribution in [3.8, 4) is 5.75 Å². The molecule has 2 aromatic rings. The lowest BCUT2D eigenvalue weighted by molar-refractivity contribution is -0.134. The molecule has 4 heteroatoms. The van der Waals surface area contributed by atoms with Crippen LogP contribution in [0.4, 0.5) is 0 Å². The monoisotopic (exact) mass is 312 g/mol. The first kappa shape index (κ1) is 17.0. The van der Waals surface area contributed by atoms with Gasteiger partial charge < -0.3 is 15.0 Å². The molecule has 1 N–H and O–H groups in total. The summed E-state index contributed by atoms with van der Waals surface area (Å²) in [5.74, 6) is 0.908. The molecule has 0 aromatic heterocycles. The van der Waals surface area contributed by atoms with Gasteiger partial charge in [0.2, 0.25) is 5.91 Å².